The second-order valence-electron chi connectivity index (χ2n) is 6.16. The molecule has 1 heterocycles. The first-order valence-corrected chi connectivity index (χ1v) is 9.67. The van der Waals surface area contributed by atoms with Gasteiger partial charge in [-0.25, -0.2) is 9.97 Å². The molecule has 1 aromatic rings. The van der Waals surface area contributed by atoms with Crippen molar-refractivity contribution in [2.45, 2.75) is 36.8 Å². The van der Waals surface area contributed by atoms with Crippen molar-refractivity contribution in [3.63, 3.8) is 0 Å². The smallest absolute Gasteiger partial charge is 0.224 e. The second kappa shape index (κ2) is 7.57. The van der Waals surface area contributed by atoms with E-state index in [1.54, 1.807) is 6.20 Å². The monoisotopic (exact) mass is 364 g/mol. The molecule has 2 aliphatic carbocycles. The van der Waals surface area contributed by atoms with Gasteiger partial charge in [-0.2, -0.15) is 0 Å². The molecule has 2 aliphatic rings. The highest BCUT2D eigenvalue weighted by Gasteiger charge is 2.36. The van der Waals surface area contributed by atoms with Crippen molar-refractivity contribution in [3.8, 4) is 0 Å². The lowest BCUT2D eigenvalue weighted by Crippen LogP contribution is -2.40. The fourth-order valence-corrected chi connectivity index (χ4v) is 4.26. The number of carbonyl (C=O) groups excluding carboxylic acids is 1. The molecule has 1 saturated carbocycles. The number of anilines is 1. The molecule has 3 rings (SSSR count). The summed E-state index contributed by atoms with van der Waals surface area (Å²) < 4.78 is 0. The van der Waals surface area contributed by atoms with Crippen molar-refractivity contribution in [2.24, 2.45) is 17.6 Å². The number of rotatable bonds is 5. The molecule has 1 amide bonds. The van der Waals surface area contributed by atoms with E-state index in [4.69, 9.17) is 17.3 Å². The van der Waals surface area contributed by atoms with Gasteiger partial charge in [0.2, 0.25) is 11.9 Å². The number of amides is 1. The minimum atomic E-state index is -0.227. The van der Waals surface area contributed by atoms with Gasteiger partial charge in [0.05, 0.1) is 11.2 Å². The number of nitrogens with one attached hydrogen (secondary N) is 1. The van der Waals surface area contributed by atoms with Crippen molar-refractivity contribution in [1.29, 1.82) is 0 Å². The highest BCUT2D eigenvalue weighted by molar-refractivity contribution is 7.98. The van der Waals surface area contributed by atoms with Gasteiger partial charge in [-0.3, -0.25) is 4.79 Å². The molecule has 0 aliphatic heterocycles. The number of halogens is 1. The summed E-state index contributed by atoms with van der Waals surface area (Å²) >= 11 is 7.53. The van der Waals surface area contributed by atoms with Crippen LogP contribution >= 0.6 is 23.4 Å². The Labute approximate surface area is 151 Å². The van der Waals surface area contributed by atoms with E-state index < -0.39 is 0 Å². The van der Waals surface area contributed by atoms with Crippen molar-refractivity contribution in [1.82, 2.24) is 9.97 Å². The summed E-state index contributed by atoms with van der Waals surface area (Å²) in [4.78, 5) is 20.6. The predicted octanol–water partition coefficient (Wildman–Crippen LogP) is 3.42. The second-order valence-corrected chi connectivity index (χ2v) is 7.36. The van der Waals surface area contributed by atoms with Crippen LogP contribution in [-0.4, -0.2) is 28.2 Å². The summed E-state index contributed by atoms with van der Waals surface area (Å²) in [6, 6.07) is 0.139. The van der Waals surface area contributed by atoms with Crippen LogP contribution in [0.3, 0.4) is 0 Å². The molecule has 0 saturated heterocycles. The van der Waals surface area contributed by atoms with Crippen molar-refractivity contribution in [3.05, 3.63) is 35.0 Å². The number of nitrogens with two attached hydrogens (primary N) is 1. The van der Waals surface area contributed by atoms with Gasteiger partial charge in [0.15, 0.2) is 0 Å². The number of allylic oxidation sites excluding steroid dienone is 4. The summed E-state index contributed by atoms with van der Waals surface area (Å²) in [5, 5.41) is 4.63. The predicted molar refractivity (Wildman–Crippen MR) is 98.1 cm³/mol. The van der Waals surface area contributed by atoms with Gasteiger partial charge in [0.1, 0.15) is 5.03 Å². The van der Waals surface area contributed by atoms with Gasteiger partial charge in [0.25, 0.3) is 0 Å². The highest BCUT2D eigenvalue weighted by atomic mass is 35.5. The van der Waals surface area contributed by atoms with Crippen LogP contribution in [0.25, 0.3) is 0 Å². The van der Waals surface area contributed by atoms with Crippen LogP contribution in [0.4, 0.5) is 5.95 Å². The van der Waals surface area contributed by atoms with Gasteiger partial charge >= 0.3 is 0 Å². The molecular formula is C17H21ClN4OS. The fraction of sp³-hybridized carbons (Fsp3) is 0.471. The third kappa shape index (κ3) is 3.75. The number of hydrogen-bond acceptors (Lipinski definition) is 5. The maximum absolute atomic E-state index is 12.0. The van der Waals surface area contributed by atoms with Crippen LogP contribution in [0.5, 0.6) is 0 Å². The van der Waals surface area contributed by atoms with E-state index in [1.165, 1.54) is 17.3 Å². The molecule has 1 fully saturated rings. The average Bonchev–Trinajstić information content (AvgIpc) is 3.11. The summed E-state index contributed by atoms with van der Waals surface area (Å²) in [5.41, 5.74) is 6.93. The summed E-state index contributed by atoms with van der Waals surface area (Å²) in [6.07, 6.45) is 13.5. The van der Waals surface area contributed by atoms with Crippen LogP contribution in [0.15, 0.2) is 35.0 Å². The van der Waals surface area contributed by atoms with Crippen LogP contribution in [-0.2, 0) is 4.79 Å². The Kier molecular flexibility index (Phi) is 5.46. The van der Waals surface area contributed by atoms with E-state index >= 15 is 0 Å². The largest absolute Gasteiger partial charge is 0.369 e. The molecule has 0 bridgehead atoms. The van der Waals surface area contributed by atoms with Crippen LogP contribution in [0, 0.1) is 11.8 Å². The molecule has 0 radical (unpaired) electrons. The SMILES string of the molecule is CSc1nc(NC2CCC(C3=CCC=C3)C(C(N)=O)C2)ncc1Cl. The Morgan fingerprint density at radius 1 is 1.46 bits per heavy atom. The van der Waals surface area contributed by atoms with Crippen LogP contribution in [0.1, 0.15) is 25.7 Å². The standard InChI is InChI=1S/C17H21ClN4OS/c1-24-16-14(18)9-20-17(22-16)21-11-6-7-12(10-4-2-3-5-10)13(8-11)15(19)23/h2,4-5,9,11-13H,3,6-8H2,1H3,(H2,19,23)(H,20,21,22). The minimum absolute atomic E-state index is 0.139. The topological polar surface area (TPSA) is 80.9 Å². The van der Waals surface area contributed by atoms with Crippen LogP contribution < -0.4 is 11.1 Å². The molecule has 128 valence electrons. The molecule has 0 aromatic carbocycles. The maximum Gasteiger partial charge on any atom is 0.224 e. The summed E-state index contributed by atoms with van der Waals surface area (Å²) in [6.45, 7) is 0. The number of primary amides is 1. The normalized spacial score (nSPS) is 26.2. The zero-order valence-electron chi connectivity index (χ0n) is 13.5. The van der Waals surface area contributed by atoms with Gasteiger partial charge in [-0.05, 0) is 43.4 Å². The van der Waals surface area contributed by atoms with Crippen LogP contribution in [0.2, 0.25) is 5.02 Å². The van der Waals surface area contributed by atoms with Crippen molar-refractivity contribution in [2.75, 3.05) is 11.6 Å². The lowest BCUT2D eigenvalue weighted by molar-refractivity contribution is -0.124. The number of carbonyl (C=O) groups is 1. The van der Waals surface area contributed by atoms with Gasteiger partial charge in [0, 0.05) is 12.0 Å². The van der Waals surface area contributed by atoms with Gasteiger partial charge in [-0.15, -0.1) is 11.8 Å². The van der Waals surface area contributed by atoms with E-state index in [9.17, 15) is 4.79 Å². The van der Waals surface area contributed by atoms with E-state index in [1.807, 2.05) is 6.26 Å². The molecule has 7 heteroatoms. The fourth-order valence-electron chi connectivity index (χ4n) is 3.51. The summed E-state index contributed by atoms with van der Waals surface area (Å²) in [7, 11) is 0. The number of aromatic nitrogens is 2. The Bertz CT molecular complexity index is 691. The zero-order valence-corrected chi connectivity index (χ0v) is 15.1. The summed E-state index contributed by atoms with van der Waals surface area (Å²) in [5.74, 6) is 0.398. The maximum atomic E-state index is 12.0. The number of hydrogen-bond donors (Lipinski definition) is 2. The average molecular weight is 365 g/mol. The third-order valence-corrected chi connectivity index (χ3v) is 5.77. The van der Waals surface area contributed by atoms with E-state index in [-0.39, 0.29) is 23.8 Å². The Hall–Kier alpha value is -1.53. The first-order chi connectivity index (χ1) is 11.6. The molecule has 24 heavy (non-hydrogen) atoms. The Balaban J connectivity index is 1.70. The molecule has 3 N–H and O–H groups in total. The quantitative estimate of drug-likeness (QED) is 0.618. The molecule has 5 nitrogen and oxygen atoms in total. The minimum Gasteiger partial charge on any atom is -0.369 e. The molecule has 1 aromatic heterocycles. The lowest BCUT2D eigenvalue weighted by atomic mass is 9.73. The molecular weight excluding hydrogens is 344 g/mol. The lowest BCUT2D eigenvalue weighted by Gasteiger charge is -2.35. The van der Waals surface area contributed by atoms with Gasteiger partial charge in [-0.1, -0.05) is 29.8 Å². The van der Waals surface area contributed by atoms with E-state index in [0.29, 0.717) is 17.4 Å². The van der Waals surface area contributed by atoms with Crippen molar-refractivity contribution < 1.29 is 4.79 Å². The molecule has 3 atom stereocenters. The number of thioether (sulfide) groups is 1. The van der Waals surface area contributed by atoms with Crippen molar-refractivity contribution >= 4 is 35.2 Å². The number of nitrogens with zero attached hydrogens (tertiary/aromatic N) is 2. The van der Waals surface area contributed by atoms with Gasteiger partial charge < -0.3 is 11.1 Å². The molecule has 0 spiro atoms. The zero-order chi connectivity index (χ0) is 17.1. The third-order valence-electron chi connectivity index (χ3n) is 4.68. The van der Waals surface area contributed by atoms with E-state index in [2.05, 4.69) is 33.5 Å². The first-order valence-electron chi connectivity index (χ1n) is 8.07. The van der Waals surface area contributed by atoms with E-state index in [0.717, 1.165) is 24.3 Å². The Morgan fingerprint density at radius 2 is 2.29 bits per heavy atom. The molecule has 3 unspecified atom stereocenters. The Morgan fingerprint density at radius 3 is 2.96 bits per heavy atom. The first kappa shape index (κ1) is 17.3. The highest BCUT2D eigenvalue weighted by Crippen LogP contribution is 2.38.